The Morgan fingerprint density at radius 1 is 1.22 bits per heavy atom. The van der Waals surface area contributed by atoms with Gasteiger partial charge in [-0.3, -0.25) is 9.78 Å². The molecular weight excluding hydrogens is 326 g/mol. The van der Waals surface area contributed by atoms with Crippen molar-refractivity contribution in [2.45, 2.75) is 29.7 Å². The number of aromatic nitrogens is 1. The molecule has 1 aromatic carbocycles. The standard InChI is InChI=1S/C18H17NO2S2/c1-11-4-5-14-13(10-11)12(8-9-19-14)15-6-7-16(22-15)23-18(2,3)17(20)21/h4-10H,1-3H3,(H,20,21). The zero-order valence-electron chi connectivity index (χ0n) is 13.2. The van der Waals surface area contributed by atoms with Crippen LogP contribution >= 0.6 is 23.1 Å². The van der Waals surface area contributed by atoms with Crippen LogP contribution in [-0.2, 0) is 4.79 Å². The Kier molecular flexibility index (Phi) is 4.17. The fourth-order valence-electron chi connectivity index (χ4n) is 2.29. The second-order valence-corrected chi connectivity index (χ2v) is 8.92. The number of thioether (sulfide) groups is 1. The first-order valence-corrected chi connectivity index (χ1v) is 8.88. The molecule has 23 heavy (non-hydrogen) atoms. The van der Waals surface area contributed by atoms with E-state index in [1.807, 2.05) is 24.4 Å². The molecule has 0 aliphatic heterocycles. The van der Waals surface area contributed by atoms with Gasteiger partial charge in [-0.1, -0.05) is 23.4 Å². The van der Waals surface area contributed by atoms with E-state index < -0.39 is 10.7 Å². The molecule has 3 nitrogen and oxygen atoms in total. The van der Waals surface area contributed by atoms with Crippen molar-refractivity contribution in [3.63, 3.8) is 0 Å². The van der Waals surface area contributed by atoms with Crippen LogP contribution in [0, 0.1) is 6.92 Å². The van der Waals surface area contributed by atoms with Gasteiger partial charge in [0.05, 0.1) is 9.73 Å². The third-order valence-electron chi connectivity index (χ3n) is 3.61. The highest BCUT2D eigenvalue weighted by Gasteiger charge is 2.29. The van der Waals surface area contributed by atoms with Crippen LogP contribution in [0.3, 0.4) is 0 Å². The summed E-state index contributed by atoms with van der Waals surface area (Å²) in [5.41, 5.74) is 3.31. The molecule has 0 aliphatic rings. The lowest BCUT2D eigenvalue weighted by Crippen LogP contribution is -2.26. The molecule has 0 saturated heterocycles. The van der Waals surface area contributed by atoms with E-state index in [4.69, 9.17) is 0 Å². The van der Waals surface area contributed by atoms with E-state index in [1.54, 1.807) is 25.2 Å². The van der Waals surface area contributed by atoms with Crippen LogP contribution in [-0.4, -0.2) is 20.8 Å². The van der Waals surface area contributed by atoms with E-state index in [1.165, 1.54) is 17.3 Å². The summed E-state index contributed by atoms with van der Waals surface area (Å²) >= 11 is 3.00. The zero-order chi connectivity index (χ0) is 16.6. The van der Waals surface area contributed by atoms with Gasteiger partial charge >= 0.3 is 5.97 Å². The smallest absolute Gasteiger partial charge is 0.319 e. The summed E-state index contributed by atoms with van der Waals surface area (Å²) in [6.45, 7) is 5.52. The van der Waals surface area contributed by atoms with Crippen molar-refractivity contribution in [2.24, 2.45) is 0 Å². The minimum absolute atomic E-state index is 0.803. The Hall–Kier alpha value is -1.85. The Morgan fingerprint density at radius 3 is 2.74 bits per heavy atom. The fourth-order valence-corrected chi connectivity index (χ4v) is 4.85. The predicted molar refractivity (Wildman–Crippen MR) is 97.4 cm³/mol. The van der Waals surface area contributed by atoms with Gasteiger partial charge in [0, 0.05) is 22.0 Å². The molecule has 0 spiro atoms. The summed E-state index contributed by atoms with van der Waals surface area (Å²) in [6, 6.07) is 12.3. The Morgan fingerprint density at radius 2 is 2.00 bits per heavy atom. The molecule has 0 radical (unpaired) electrons. The highest BCUT2D eigenvalue weighted by Crippen LogP contribution is 2.41. The quantitative estimate of drug-likeness (QED) is 0.659. The summed E-state index contributed by atoms with van der Waals surface area (Å²) in [6.07, 6.45) is 1.82. The maximum atomic E-state index is 11.3. The number of carboxylic acids is 1. The number of thiophene rings is 1. The minimum Gasteiger partial charge on any atom is -0.480 e. The topological polar surface area (TPSA) is 50.2 Å². The van der Waals surface area contributed by atoms with E-state index in [-0.39, 0.29) is 0 Å². The van der Waals surface area contributed by atoms with E-state index in [9.17, 15) is 9.90 Å². The predicted octanol–water partition coefficient (Wildman–Crippen LogP) is 5.23. The number of carboxylic acid groups (broad SMARTS) is 1. The number of nitrogens with zero attached hydrogens (tertiary/aromatic N) is 1. The Labute approximate surface area is 143 Å². The number of carbonyl (C=O) groups is 1. The van der Waals surface area contributed by atoms with Crippen LogP contribution in [0.4, 0.5) is 0 Å². The maximum Gasteiger partial charge on any atom is 0.319 e. The van der Waals surface area contributed by atoms with Crippen molar-refractivity contribution < 1.29 is 9.90 Å². The third kappa shape index (κ3) is 3.26. The minimum atomic E-state index is -0.834. The summed E-state index contributed by atoms with van der Waals surface area (Å²) in [5.74, 6) is -0.803. The fraction of sp³-hybridized carbons (Fsp3) is 0.222. The normalized spacial score (nSPS) is 11.8. The molecule has 0 saturated carbocycles. The van der Waals surface area contributed by atoms with Gasteiger partial charge in [-0.15, -0.1) is 11.3 Å². The van der Waals surface area contributed by atoms with Crippen LogP contribution in [0.25, 0.3) is 21.3 Å². The molecule has 1 N–H and O–H groups in total. The Bertz CT molecular complexity index is 884. The molecule has 118 valence electrons. The number of pyridine rings is 1. The molecule has 3 aromatic rings. The lowest BCUT2D eigenvalue weighted by Gasteiger charge is -2.16. The van der Waals surface area contributed by atoms with E-state index in [0.717, 1.165) is 25.6 Å². The van der Waals surface area contributed by atoms with E-state index >= 15 is 0 Å². The molecule has 2 aromatic heterocycles. The summed E-state index contributed by atoms with van der Waals surface area (Å²) in [4.78, 5) is 16.8. The van der Waals surface area contributed by atoms with Gasteiger partial charge in [0.15, 0.2) is 0 Å². The average molecular weight is 343 g/mol. The van der Waals surface area contributed by atoms with Gasteiger partial charge in [-0.05, 0) is 51.1 Å². The lowest BCUT2D eigenvalue weighted by molar-refractivity contribution is -0.138. The highest BCUT2D eigenvalue weighted by molar-refractivity contribution is 8.03. The summed E-state index contributed by atoms with van der Waals surface area (Å²) in [7, 11) is 0. The summed E-state index contributed by atoms with van der Waals surface area (Å²) in [5, 5.41) is 10.4. The van der Waals surface area contributed by atoms with Crippen molar-refractivity contribution in [3.8, 4) is 10.4 Å². The van der Waals surface area contributed by atoms with Crippen molar-refractivity contribution in [2.75, 3.05) is 0 Å². The van der Waals surface area contributed by atoms with Gasteiger partial charge < -0.3 is 5.11 Å². The molecule has 0 atom stereocenters. The highest BCUT2D eigenvalue weighted by atomic mass is 32.2. The maximum absolute atomic E-state index is 11.3. The SMILES string of the molecule is Cc1ccc2nccc(-c3ccc(SC(C)(C)C(=O)O)s3)c2c1. The molecule has 3 rings (SSSR count). The first-order valence-electron chi connectivity index (χ1n) is 7.25. The van der Waals surface area contributed by atoms with Crippen molar-refractivity contribution in [1.29, 1.82) is 0 Å². The van der Waals surface area contributed by atoms with E-state index in [0.29, 0.717) is 0 Å². The molecule has 0 unspecified atom stereocenters. The zero-order valence-corrected chi connectivity index (χ0v) is 14.8. The van der Waals surface area contributed by atoms with Crippen LogP contribution in [0.1, 0.15) is 19.4 Å². The third-order valence-corrected chi connectivity index (χ3v) is 6.05. The number of benzene rings is 1. The van der Waals surface area contributed by atoms with Crippen LogP contribution < -0.4 is 0 Å². The van der Waals surface area contributed by atoms with Crippen LogP contribution in [0.5, 0.6) is 0 Å². The van der Waals surface area contributed by atoms with Crippen molar-refractivity contribution in [1.82, 2.24) is 4.98 Å². The van der Waals surface area contributed by atoms with Crippen molar-refractivity contribution >= 4 is 40.0 Å². The van der Waals surface area contributed by atoms with Gasteiger partial charge in [0.2, 0.25) is 0 Å². The lowest BCUT2D eigenvalue weighted by atomic mass is 10.1. The largest absolute Gasteiger partial charge is 0.480 e. The van der Waals surface area contributed by atoms with Gasteiger partial charge in [-0.2, -0.15) is 0 Å². The number of hydrogen-bond donors (Lipinski definition) is 1. The molecule has 0 fully saturated rings. The molecule has 0 amide bonds. The molecule has 2 heterocycles. The second-order valence-electron chi connectivity index (χ2n) is 5.92. The number of fused-ring (bicyclic) bond motifs is 1. The first kappa shape index (κ1) is 16.0. The molecule has 0 bridgehead atoms. The van der Waals surface area contributed by atoms with Gasteiger partial charge in [0.25, 0.3) is 0 Å². The van der Waals surface area contributed by atoms with Gasteiger partial charge in [0.1, 0.15) is 4.75 Å². The summed E-state index contributed by atoms with van der Waals surface area (Å²) < 4.78 is 0.170. The number of aliphatic carboxylic acids is 1. The number of aryl methyl sites for hydroxylation is 1. The molecule has 0 aliphatic carbocycles. The average Bonchev–Trinajstić information content (AvgIpc) is 2.94. The van der Waals surface area contributed by atoms with Crippen LogP contribution in [0.2, 0.25) is 0 Å². The second kappa shape index (κ2) is 5.98. The van der Waals surface area contributed by atoms with Gasteiger partial charge in [-0.25, -0.2) is 0 Å². The number of rotatable bonds is 4. The van der Waals surface area contributed by atoms with Crippen LogP contribution in [0.15, 0.2) is 46.8 Å². The monoisotopic (exact) mass is 343 g/mol. The van der Waals surface area contributed by atoms with Crippen molar-refractivity contribution in [3.05, 3.63) is 48.2 Å². The molecular formula is C18H17NO2S2. The molecule has 5 heteroatoms. The van der Waals surface area contributed by atoms with E-state index in [2.05, 4.69) is 30.1 Å². The first-order chi connectivity index (χ1) is 10.9. The Balaban J connectivity index is 2.01. The number of hydrogen-bond acceptors (Lipinski definition) is 4.